The van der Waals surface area contributed by atoms with Gasteiger partial charge in [0.15, 0.2) is 5.13 Å². The van der Waals surface area contributed by atoms with Crippen molar-refractivity contribution in [2.24, 2.45) is 0 Å². The summed E-state index contributed by atoms with van der Waals surface area (Å²) in [6, 6.07) is 0. The minimum Gasteiger partial charge on any atom is -0.378 e. The fourth-order valence-corrected chi connectivity index (χ4v) is 2.48. The van der Waals surface area contributed by atoms with Crippen LogP contribution in [0.2, 0.25) is 0 Å². The Kier molecular flexibility index (Phi) is 4.25. The fraction of sp³-hybridized carbons (Fsp3) is 0.600. The molecule has 1 aromatic rings. The Morgan fingerprint density at radius 2 is 2.16 bits per heavy atom. The van der Waals surface area contributed by atoms with Gasteiger partial charge in [-0.05, 0) is 0 Å². The van der Waals surface area contributed by atoms with Gasteiger partial charge < -0.3 is 15.0 Å². The van der Waals surface area contributed by atoms with Crippen molar-refractivity contribution in [2.45, 2.75) is 12.6 Å². The van der Waals surface area contributed by atoms with Gasteiger partial charge in [0, 0.05) is 13.1 Å². The first-order chi connectivity index (χ1) is 8.94. The standard InChI is InChI=1S/C10H12F3N3O2S/c11-10(12,13)5-7(17)15-9-14-6-8(19-9)16-1-3-18-4-2-16/h6H,1-5H2,(H,14,15,17). The van der Waals surface area contributed by atoms with Crippen LogP contribution in [0.3, 0.4) is 0 Å². The molecule has 0 unspecified atom stereocenters. The number of alkyl halides is 3. The molecule has 2 rings (SSSR count). The summed E-state index contributed by atoms with van der Waals surface area (Å²) in [7, 11) is 0. The van der Waals surface area contributed by atoms with Gasteiger partial charge in [0.1, 0.15) is 11.4 Å². The number of thiazole rings is 1. The molecule has 2 heterocycles. The zero-order valence-electron chi connectivity index (χ0n) is 9.87. The van der Waals surface area contributed by atoms with Gasteiger partial charge in [-0.15, -0.1) is 0 Å². The third-order valence-corrected chi connectivity index (χ3v) is 3.40. The van der Waals surface area contributed by atoms with E-state index in [0.717, 1.165) is 16.3 Å². The first-order valence-corrected chi connectivity index (χ1v) is 6.41. The lowest BCUT2D eigenvalue weighted by Crippen LogP contribution is -2.35. The summed E-state index contributed by atoms with van der Waals surface area (Å²) in [4.78, 5) is 17.0. The van der Waals surface area contributed by atoms with E-state index in [4.69, 9.17) is 4.74 Å². The minimum atomic E-state index is -4.51. The van der Waals surface area contributed by atoms with Gasteiger partial charge in [-0.3, -0.25) is 4.79 Å². The minimum absolute atomic E-state index is 0.177. The maximum atomic E-state index is 12.0. The van der Waals surface area contributed by atoms with E-state index >= 15 is 0 Å². The maximum Gasteiger partial charge on any atom is 0.397 e. The Morgan fingerprint density at radius 3 is 2.79 bits per heavy atom. The number of hydrogen-bond acceptors (Lipinski definition) is 5. The second-order valence-electron chi connectivity index (χ2n) is 3.94. The van der Waals surface area contributed by atoms with Crippen molar-refractivity contribution in [1.82, 2.24) is 4.98 Å². The molecule has 0 bridgehead atoms. The van der Waals surface area contributed by atoms with Gasteiger partial charge in [0.25, 0.3) is 0 Å². The van der Waals surface area contributed by atoms with Crippen LogP contribution in [0.25, 0.3) is 0 Å². The molecule has 1 fully saturated rings. The summed E-state index contributed by atoms with van der Waals surface area (Å²) in [6.07, 6.45) is -4.47. The number of carbonyl (C=O) groups excluding carboxylic acids is 1. The lowest BCUT2D eigenvalue weighted by Gasteiger charge is -2.26. The molecular weight excluding hydrogens is 283 g/mol. The molecule has 0 radical (unpaired) electrons. The third-order valence-electron chi connectivity index (χ3n) is 2.42. The summed E-state index contributed by atoms with van der Waals surface area (Å²) in [6.45, 7) is 2.62. The van der Waals surface area contributed by atoms with Crippen LogP contribution in [0.1, 0.15) is 6.42 Å². The van der Waals surface area contributed by atoms with Gasteiger partial charge in [-0.25, -0.2) is 4.98 Å². The molecule has 0 saturated carbocycles. The molecule has 1 aliphatic heterocycles. The van der Waals surface area contributed by atoms with Crippen LogP contribution in [0.15, 0.2) is 6.20 Å². The van der Waals surface area contributed by atoms with E-state index in [0.29, 0.717) is 26.3 Å². The molecule has 0 aromatic carbocycles. The number of amides is 1. The summed E-state index contributed by atoms with van der Waals surface area (Å²) in [5.74, 6) is -1.10. The molecule has 0 aliphatic carbocycles. The molecule has 1 saturated heterocycles. The molecule has 9 heteroatoms. The van der Waals surface area contributed by atoms with Gasteiger partial charge >= 0.3 is 6.18 Å². The number of halogens is 3. The first kappa shape index (κ1) is 14.1. The van der Waals surface area contributed by atoms with E-state index in [2.05, 4.69) is 10.3 Å². The van der Waals surface area contributed by atoms with E-state index in [9.17, 15) is 18.0 Å². The fourth-order valence-electron chi connectivity index (χ4n) is 1.60. The molecule has 0 atom stereocenters. The van der Waals surface area contributed by atoms with Crippen LogP contribution >= 0.6 is 11.3 Å². The van der Waals surface area contributed by atoms with Gasteiger partial charge in [-0.1, -0.05) is 11.3 Å². The Morgan fingerprint density at radius 1 is 1.47 bits per heavy atom. The zero-order chi connectivity index (χ0) is 13.9. The second kappa shape index (κ2) is 5.74. The van der Waals surface area contributed by atoms with Gasteiger partial charge in [0.05, 0.1) is 19.4 Å². The normalized spacial score (nSPS) is 16.5. The van der Waals surface area contributed by atoms with Crippen LogP contribution in [-0.4, -0.2) is 43.4 Å². The lowest BCUT2D eigenvalue weighted by molar-refractivity contribution is -0.150. The number of anilines is 2. The predicted molar refractivity (Wildman–Crippen MR) is 64.4 cm³/mol. The molecule has 5 nitrogen and oxygen atoms in total. The summed E-state index contributed by atoms with van der Waals surface area (Å²) >= 11 is 1.15. The third kappa shape index (κ3) is 4.35. The number of aromatic nitrogens is 1. The summed E-state index contributed by atoms with van der Waals surface area (Å²) in [5, 5.41) is 3.14. The van der Waals surface area contributed by atoms with Gasteiger partial charge in [-0.2, -0.15) is 13.2 Å². The predicted octanol–water partition coefficient (Wildman–Crippen LogP) is 1.87. The number of carbonyl (C=O) groups is 1. The number of ether oxygens (including phenoxy) is 1. The van der Waals surface area contributed by atoms with Crippen molar-refractivity contribution in [3.8, 4) is 0 Å². The topological polar surface area (TPSA) is 54.5 Å². The number of hydrogen-bond donors (Lipinski definition) is 1. The maximum absolute atomic E-state index is 12.0. The van der Waals surface area contributed by atoms with Crippen LogP contribution in [0.4, 0.5) is 23.3 Å². The highest BCUT2D eigenvalue weighted by molar-refractivity contribution is 7.19. The Bertz CT molecular complexity index is 443. The van der Waals surface area contributed by atoms with Crippen molar-refractivity contribution >= 4 is 27.4 Å². The Labute approximate surface area is 111 Å². The number of nitrogens with one attached hydrogen (secondary N) is 1. The number of nitrogens with zero attached hydrogens (tertiary/aromatic N) is 2. The highest BCUT2D eigenvalue weighted by Crippen LogP contribution is 2.28. The average Bonchev–Trinajstić information content (AvgIpc) is 2.76. The first-order valence-electron chi connectivity index (χ1n) is 5.59. The smallest absolute Gasteiger partial charge is 0.378 e. The van der Waals surface area contributed by atoms with Crippen molar-refractivity contribution in [3.63, 3.8) is 0 Å². The summed E-state index contributed by atoms with van der Waals surface area (Å²) < 4.78 is 41.2. The molecule has 0 spiro atoms. The quantitative estimate of drug-likeness (QED) is 0.925. The van der Waals surface area contributed by atoms with Crippen LogP contribution in [0.5, 0.6) is 0 Å². The van der Waals surface area contributed by atoms with Crippen LogP contribution in [-0.2, 0) is 9.53 Å². The van der Waals surface area contributed by atoms with E-state index in [-0.39, 0.29) is 5.13 Å². The largest absolute Gasteiger partial charge is 0.397 e. The molecular formula is C10H12F3N3O2S. The molecule has 1 N–H and O–H groups in total. The van der Waals surface area contributed by atoms with Crippen LogP contribution < -0.4 is 10.2 Å². The van der Waals surface area contributed by atoms with E-state index in [1.807, 2.05) is 4.90 Å². The average molecular weight is 295 g/mol. The number of morpholine rings is 1. The van der Waals surface area contributed by atoms with E-state index < -0.39 is 18.5 Å². The second-order valence-corrected chi connectivity index (χ2v) is 4.95. The van der Waals surface area contributed by atoms with Crippen molar-refractivity contribution in [2.75, 3.05) is 36.5 Å². The van der Waals surface area contributed by atoms with E-state index in [1.54, 1.807) is 6.20 Å². The highest BCUT2D eigenvalue weighted by Gasteiger charge is 2.31. The Balaban J connectivity index is 1.91. The van der Waals surface area contributed by atoms with Crippen molar-refractivity contribution in [1.29, 1.82) is 0 Å². The number of rotatable bonds is 3. The van der Waals surface area contributed by atoms with E-state index in [1.165, 1.54) is 0 Å². The monoisotopic (exact) mass is 295 g/mol. The zero-order valence-corrected chi connectivity index (χ0v) is 10.7. The highest BCUT2D eigenvalue weighted by atomic mass is 32.1. The lowest BCUT2D eigenvalue weighted by atomic mass is 10.4. The van der Waals surface area contributed by atoms with Gasteiger partial charge in [0.2, 0.25) is 5.91 Å². The molecule has 19 heavy (non-hydrogen) atoms. The summed E-state index contributed by atoms with van der Waals surface area (Å²) in [5.41, 5.74) is 0. The molecule has 1 amide bonds. The Hall–Kier alpha value is -1.35. The molecule has 1 aliphatic rings. The molecule has 1 aromatic heterocycles. The molecule has 106 valence electrons. The van der Waals surface area contributed by atoms with Crippen molar-refractivity contribution < 1.29 is 22.7 Å². The van der Waals surface area contributed by atoms with Crippen molar-refractivity contribution in [3.05, 3.63) is 6.20 Å². The van der Waals surface area contributed by atoms with Crippen LogP contribution in [0, 0.1) is 0 Å². The SMILES string of the molecule is O=C(CC(F)(F)F)Nc1ncc(N2CCOCC2)s1.